The number of carbonyl (C=O) groups excluding carboxylic acids is 3. The minimum atomic E-state index is -1.17. The highest BCUT2D eigenvalue weighted by Crippen LogP contribution is 2.39. The number of rotatable bonds is 8. The first-order valence-corrected chi connectivity index (χ1v) is 12.0. The van der Waals surface area contributed by atoms with Crippen LogP contribution in [0, 0.1) is 11.8 Å². The lowest BCUT2D eigenvalue weighted by atomic mass is 9.72. The third kappa shape index (κ3) is 6.02. The molecule has 0 bridgehead atoms. The van der Waals surface area contributed by atoms with Crippen molar-refractivity contribution in [2.45, 2.75) is 19.3 Å². The van der Waals surface area contributed by atoms with Gasteiger partial charge in [0.25, 0.3) is 0 Å². The van der Waals surface area contributed by atoms with Crippen molar-refractivity contribution in [3.63, 3.8) is 0 Å². The summed E-state index contributed by atoms with van der Waals surface area (Å²) in [6.07, 6.45) is 0.437. The van der Waals surface area contributed by atoms with E-state index >= 15 is 0 Å². The van der Waals surface area contributed by atoms with Crippen molar-refractivity contribution >= 4 is 45.2 Å². The molecule has 0 saturated carbocycles. The summed E-state index contributed by atoms with van der Waals surface area (Å²) in [6.45, 7) is 3.46. The van der Waals surface area contributed by atoms with Crippen molar-refractivity contribution in [3.8, 4) is 0 Å². The second-order valence-corrected chi connectivity index (χ2v) is 9.25. The van der Waals surface area contributed by atoms with Gasteiger partial charge in [-0.3, -0.25) is 14.4 Å². The number of nitrogens with zero attached hydrogens (tertiary/aromatic N) is 1. The van der Waals surface area contributed by atoms with Gasteiger partial charge in [0, 0.05) is 40.0 Å². The first-order valence-electron chi connectivity index (χ1n) is 10.9. The Kier molecular flexibility index (Phi) is 9.06. The molecule has 1 saturated heterocycles. The van der Waals surface area contributed by atoms with Crippen LogP contribution in [0.4, 0.5) is 0 Å². The van der Waals surface area contributed by atoms with Crippen LogP contribution in [0.2, 0.25) is 5.02 Å². The van der Waals surface area contributed by atoms with E-state index < -0.39 is 23.7 Å². The number of ketones is 1. The third-order valence-electron chi connectivity index (χ3n) is 6.00. The minimum Gasteiger partial charge on any atom is -0.468 e. The van der Waals surface area contributed by atoms with Crippen LogP contribution >= 0.6 is 27.5 Å². The fourth-order valence-corrected chi connectivity index (χ4v) is 4.67. The van der Waals surface area contributed by atoms with E-state index in [2.05, 4.69) is 15.9 Å². The topological polar surface area (TPSA) is 72.9 Å². The average molecular weight is 537 g/mol. The maximum atomic E-state index is 13.6. The molecule has 1 amide bonds. The molecule has 1 heterocycles. The van der Waals surface area contributed by atoms with Crippen LogP contribution in [0.1, 0.15) is 35.2 Å². The van der Waals surface area contributed by atoms with Crippen molar-refractivity contribution in [1.29, 1.82) is 0 Å². The van der Waals surface area contributed by atoms with Gasteiger partial charge in [0.1, 0.15) is 5.92 Å². The first-order chi connectivity index (χ1) is 15.9. The molecule has 0 aromatic heterocycles. The second kappa shape index (κ2) is 11.8. The Morgan fingerprint density at radius 3 is 2.21 bits per heavy atom. The van der Waals surface area contributed by atoms with Gasteiger partial charge in [0.05, 0.1) is 20.3 Å². The average Bonchev–Trinajstić information content (AvgIpc) is 2.84. The number of benzene rings is 2. The zero-order valence-corrected chi connectivity index (χ0v) is 21.0. The van der Waals surface area contributed by atoms with Crippen LogP contribution < -0.4 is 0 Å². The Labute approximate surface area is 207 Å². The molecule has 8 heteroatoms. The van der Waals surface area contributed by atoms with E-state index in [9.17, 15) is 14.4 Å². The van der Waals surface area contributed by atoms with Gasteiger partial charge in [-0.15, -0.1) is 0 Å². The number of hydrogen-bond acceptors (Lipinski definition) is 5. The maximum Gasteiger partial charge on any atom is 0.318 e. The summed E-state index contributed by atoms with van der Waals surface area (Å²) in [5.74, 6) is -3.65. The fraction of sp³-hybridized carbons (Fsp3) is 0.400. The standard InChI is InChI=1S/C25H27BrClNO5/c1-3-20(23(29)17-4-8-18(26)9-5-17)21(16-6-10-19(27)11-7-16)22(25(31)32-2)24(30)28-12-14-33-15-13-28/h4-11,20-22H,3,12-15H2,1-2H3. The second-order valence-electron chi connectivity index (χ2n) is 7.90. The molecule has 33 heavy (non-hydrogen) atoms. The molecule has 0 radical (unpaired) electrons. The molecule has 0 spiro atoms. The number of amides is 1. The van der Waals surface area contributed by atoms with Crippen molar-refractivity contribution in [2.24, 2.45) is 11.8 Å². The van der Waals surface area contributed by atoms with Crippen LogP contribution in [0.15, 0.2) is 53.0 Å². The van der Waals surface area contributed by atoms with Gasteiger partial charge < -0.3 is 14.4 Å². The molecule has 1 aliphatic rings. The highest BCUT2D eigenvalue weighted by molar-refractivity contribution is 9.10. The van der Waals surface area contributed by atoms with Crippen molar-refractivity contribution in [1.82, 2.24) is 4.90 Å². The molecular formula is C25H27BrClNO5. The number of methoxy groups -OCH3 is 1. The number of Topliss-reactive ketones (excluding diaryl/α,β-unsaturated/α-hetero) is 1. The summed E-state index contributed by atoms with van der Waals surface area (Å²) in [5.41, 5.74) is 1.21. The number of carbonyl (C=O) groups is 3. The largest absolute Gasteiger partial charge is 0.468 e. The molecule has 2 aromatic carbocycles. The highest BCUT2D eigenvalue weighted by Gasteiger charge is 2.45. The van der Waals surface area contributed by atoms with Gasteiger partial charge in [0.2, 0.25) is 5.91 Å². The van der Waals surface area contributed by atoms with Crippen LogP contribution in [0.3, 0.4) is 0 Å². The van der Waals surface area contributed by atoms with E-state index in [0.29, 0.717) is 48.9 Å². The zero-order valence-electron chi connectivity index (χ0n) is 18.6. The van der Waals surface area contributed by atoms with Gasteiger partial charge in [-0.25, -0.2) is 0 Å². The Hall–Kier alpha value is -2.22. The third-order valence-corrected chi connectivity index (χ3v) is 6.78. The molecule has 3 rings (SSSR count). The number of halogens is 2. The normalized spacial score (nSPS) is 16.5. The molecule has 2 aromatic rings. The molecule has 0 aliphatic carbocycles. The Morgan fingerprint density at radius 1 is 1.06 bits per heavy atom. The predicted molar refractivity (Wildman–Crippen MR) is 129 cm³/mol. The maximum absolute atomic E-state index is 13.6. The molecule has 3 unspecified atom stereocenters. The number of esters is 1. The number of morpholine rings is 1. The van der Waals surface area contributed by atoms with Crippen molar-refractivity contribution < 1.29 is 23.9 Å². The van der Waals surface area contributed by atoms with Crippen molar-refractivity contribution in [2.75, 3.05) is 33.4 Å². The van der Waals surface area contributed by atoms with Crippen LogP contribution in [0.5, 0.6) is 0 Å². The monoisotopic (exact) mass is 535 g/mol. The minimum absolute atomic E-state index is 0.131. The zero-order chi connectivity index (χ0) is 24.0. The summed E-state index contributed by atoms with van der Waals surface area (Å²) in [4.78, 5) is 41.9. The van der Waals surface area contributed by atoms with Gasteiger partial charge in [-0.2, -0.15) is 0 Å². The molecule has 6 nitrogen and oxygen atoms in total. The lowest BCUT2D eigenvalue weighted by Crippen LogP contribution is -2.49. The number of hydrogen-bond donors (Lipinski definition) is 0. The Balaban J connectivity index is 2.09. The molecular weight excluding hydrogens is 510 g/mol. The summed E-state index contributed by atoms with van der Waals surface area (Å²) < 4.78 is 11.3. The lowest BCUT2D eigenvalue weighted by Gasteiger charge is -2.35. The molecule has 0 N–H and O–H groups in total. The Bertz CT molecular complexity index is 973. The quantitative estimate of drug-likeness (QED) is 0.277. The lowest BCUT2D eigenvalue weighted by molar-refractivity contribution is -0.157. The number of ether oxygens (including phenoxy) is 2. The van der Waals surface area contributed by atoms with E-state index in [1.807, 2.05) is 6.92 Å². The van der Waals surface area contributed by atoms with Crippen LogP contribution in [0.25, 0.3) is 0 Å². The van der Waals surface area contributed by atoms with E-state index in [-0.39, 0.29) is 11.7 Å². The van der Waals surface area contributed by atoms with Gasteiger partial charge in [-0.1, -0.05) is 58.7 Å². The molecule has 1 aliphatic heterocycles. The first kappa shape index (κ1) is 25.4. The molecule has 1 fully saturated rings. The SMILES string of the molecule is CCC(C(=O)c1ccc(Br)cc1)C(c1ccc(Cl)cc1)C(C(=O)OC)C(=O)N1CCOCC1. The smallest absolute Gasteiger partial charge is 0.318 e. The van der Waals surface area contributed by atoms with Crippen LogP contribution in [-0.2, 0) is 19.1 Å². The predicted octanol–water partition coefficient (Wildman–Crippen LogP) is 4.74. The summed E-state index contributed by atoms with van der Waals surface area (Å²) in [6, 6.07) is 14.0. The van der Waals surface area contributed by atoms with Crippen molar-refractivity contribution in [3.05, 3.63) is 69.2 Å². The van der Waals surface area contributed by atoms with Crippen LogP contribution in [-0.4, -0.2) is 56.0 Å². The van der Waals surface area contributed by atoms with Gasteiger partial charge >= 0.3 is 5.97 Å². The summed E-state index contributed by atoms with van der Waals surface area (Å²) in [5, 5.41) is 0.527. The molecule has 176 valence electrons. The van der Waals surface area contributed by atoms with E-state index in [0.717, 1.165) is 4.47 Å². The van der Waals surface area contributed by atoms with E-state index in [1.54, 1.807) is 53.4 Å². The Morgan fingerprint density at radius 2 is 1.67 bits per heavy atom. The fourth-order valence-electron chi connectivity index (χ4n) is 4.28. The summed E-state index contributed by atoms with van der Waals surface area (Å²) >= 11 is 9.50. The van der Waals surface area contributed by atoms with Gasteiger partial charge in [-0.05, 0) is 36.2 Å². The van der Waals surface area contributed by atoms with Gasteiger partial charge in [0.15, 0.2) is 5.78 Å². The summed E-state index contributed by atoms with van der Waals surface area (Å²) in [7, 11) is 1.26. The highest BCUT2D eigenvalue weighted by atomic mass is 79.9. The van der Waals surface area contributed by atoms with E-state index in [1.165, 1.54) is 7.11 Å². The van der Waals surface area contributed by atoms with E-state index in [4.69, 9.17) is 21.1 Å². The molecule has 3 atom stereocenters.